The van der Waals surface area contributed by atoms with E-state index >= 15 is 0 Å². The molecule has 0 radical (unpaired) electrons. The first-order valence-corrected chi connectivity index (χ1v) is 7.80. The summed E-state index contributed by atoms with van der Waals surface area (Å²) in [6.45, 7) is 6.91. The van der Waals surface area contributed by atoms with Crippen molar-refractivity contribution in [3.63, 3.8) is 0 Å². The van der Waals surface area contributed by atoms with Crippen molar-refractivity contribution in [3.05, 3.63) is 30.1 Å². The van der Waals surface area contributed by atoms with E-state index in [0.29, 0.717) is 12.3 Å². The number of ether oxygens (including phenoxy) is 1. The van der Waals surface area contributed by atoms with Crippen LogP contribution >= 0.6 is 0 Å². The summed E-state index contributed by atoms with van der Waals surface area (Å²) in [4.78, 5) is 14.5. The molecule has 0 N–H and O–H groups in total. The lowest BCUT2D eigenvalue weighted by Crippen LogP contribution is -2.44. The average molecular weight is 293 g/mol. The number of hydrogen-bond donors (Lipinski definition) is 0. The number of amides is 1. The predicted octanol–water partition coefficient (Wildman–Crippen LogP) is 3.63. The van der Waals surface area contributed by atoms with E-state index in [2.05, 4.69) is 13.8 Å². The van der Waals surface area contributed by atoms with Gasteiger partial charge in [-0.15, -0.1) is 0 Å². The minimum absolute atomic E-state index is 0.0239. The number of para-hydroxylation sites is 1. The summed E-state index contributed by atoms with van der Waals surface area (Å²) >= 11 is 0. The maximum Gasteiger partial charge on any atom is 0.263 e. The van der Waals surface area contributed by atoms with Gasteiger partial charge in [0.2, 0.25) is 0 Å². The van der Waals surface area contributed by atoms with Crippen molar-refractivity contribution in [1.29, 1.82) is 0 Å². The van der Waals surface area contributed by atoms with Crippen LogP contribution in [-0.4, -0.2) is 29.5 Å². The largest absolute Gasteiger partial charge is 0.478 e. The third-order valence-corrected chi connectivity index (χ3v) is 4.47. The van der Waals surface area contributed by atoms with Gasteiger partial charge in [-0.25, -0.2) is 4.39 Å². The fourth-order valence-corrected chi connectivity index (χ4v) is 3.05. The van der Waals surface area contributed by atoms with Crippen LogP contribution in [0.15, 0.2) is 24.3 Å². The van der Waals surface area contributed by atoms with E-state index in [9.17, 15) is 9.18 Å². The minimum atomic E-state index is -0.611. The van der Waals surface area contributed by atoms with E-state index in [1.54, 1.807) is 18.2 Å². The van der Waals surface area contributed by atoms with E-state index < -0.39 is 11.9 Å². The Bertz CT molecular complexity index is 491. The monoisotopic (exact) mass is 293 g/mol. The molecule has 0 saturated carbocycles. The molecule has 1 aliphatic rings. The Morgan fingerprint density at radius 3 is 2.71 bits per heavy atom. The molecule has 1 heterocycles. The molecular formula is C17H24FNO2. The van der Waals surface area contributed by atoms with Crippen LogP contribution in [0.2, 0.25) is 0 Å². The Balaban J connectivity index is 2.07. The summed E-state index contributed by atoms with van der Waals surface area (Å²) in [5.74, 6) is 0.255. The zero-order valence-corrected chi connectivity index (χ0v) is 13.0. The highest BCUT2D eigenvalue weighted by Crippen LogP contribution is 2.28. The first-order valence-electron chi connectivity index (χ1n) is 7.80. The van der Waals surface area contributed by atoms with Gasteiger partial charge in [-0.2, -0.15) is 0 Å². The number of nitrogens with zero attached hydrogens (tertiary/aromatic N) is 1. The highest BCUT2D eigenvalue weighted by Gasteiger charge is 2.36. The summed E-state index contributed by atoms with van der Waals surface area (Å²) in [6.07, 6.45) is 2.04. The number of likely N-dealkylation sites (tertiary alicyclic amines) is 1. The highest BCUT2D eigenvalue weighted by atomic mass is 19.1. The second kappa shape index (κ2) is 6.92. The van der Waals surface area contributed by atoms with Gasteiger partial charge in [0.25, 0.3) is 5.91 Å². The molecule has 1 saturated heterocycles. The Morgan fingerprint density at radius 2 is 2.14 bits per heavy atom. The lowest BCUT2D eigenvalue weighted by molar-refractivity contribution is -0.139. The smallest absolute Gasteiger partial charge is 0.263 e. The topological polar surface area (TPSA) is 29.5 Å². The van der Waals surface area contributed by atoms with Crippen LogP contribution in [0, 0.1) is 11.7 Å². The van der Waals surface area contributed by atoms with Gasteiger partial charge >= 0.3 is 0 Å². The van der Waals surface area contributed by atoms with Crippen LogP contribution < -0.4 is 4.74 Å². The molecule has 116 valence electrons. The molecule has 4 heteroatoms. The number of carbonyl (C=O) groups is 1. The van der Waals surface area contributed by atoms with Crippen LogP contribution in [0.3, 0.4) is 0 Å². The van der Waals surface area contributed by atoms with Gasteiger partial charge in [-0.3, -0.25) is 4.79 Å². The van der Waals surface area contributed by atoms with Crippen molar-refractivity contribution < 1.29 is 13.9 Å². The molecule has 1 aromatic carbocycles. The molecule has 3 atom stereocenters. The van der Waals surface area contributed by atoms with Gasteiger partial charge in [-0.1, -0.05) is 32.4 Å². The van der Waals surface area contributed by atoms with Gasteiger partial charge in [0.05, 0.1) is 0 Å². The quantitative estimate of drug-likeness (QED) is 0.829. The fourth-order valence-electron chi connectivity index (χ4n) is 3.05. The molecule has 0 spiro atoms. The number of hydrogen-bond acceptors (Lipinski definition) is 2. The molecule has 0 aliphatic carbocycles. The molecule has 0 bridgehead atoms. The zero-order valence-electron chi connectivity index (χ0n) is 13.0. The second-order valence-corrected chi connectivity index (χ2v) is 5.67. The fraction of sp³-hybridized carbons (Fsp3) is 0.588. The van der Waals surface area contributed by atoms with Crippen molar-refractivity contribution in [1.82, 2.24) is 4.90 Å². The van der Waals surface area contributed by atoms with Crippen LogP contribution in [0.25, 0.3) is 0 Å². The van der Waals surface area contributed by atoms with Crippen molar-refractivity contribution in [3.8, 4) is 5.75 Å². The first-order chi connectivity index (χ1) is 10.1. The van der Waals surface area contributed by atoms with Crippen LogP contribution in [0.4, 0.5) is 4.39 Å². The average Bonchev–Trinajstić information content (AvgIpc) is 2.86. The Hall–Kier alpha value is -1.58. The van der Waals surface area contributed by atoms with E-state index in [0.717, 1.165) is 19.4 Å². The molecular weight excluding hydrogens is 269 g/mol. The van der Waals surface area contributed by atoms with Crippen LogP contribution in [0.5, 0.6) is 5.75 Å². The Labute approximate surface area is 126 Å². The summed E-state index contributed by atoms with van der Waals surface area (Å²) in [5, 5.41) is 0. The van der Waals surface area contributed by atoms with Crippen molar-refractivity contribution in [2.24, 2.45) is 5.92 Å². The summed E-state index contributed by atoms with van der Waals surface area (Å²) < 4.78 is 19.3. The number of carbonyl (C=O) groups excluding carboxylic acids is 1. The number of rotatable bonds is 5. The van der Waals surface area contributed by atoms with E-state index in [-0.39, 0.29) is 17.7 Å². The van der Waals surface area contributed by atoms with Crippen LogP contribution in [-0.2, 0) is 4.79 Å². The maximum atomic E-state index is 13.7. The van der Waals surface area contributed by atoms with Crippen molar-refractivity contribution in [2.45, 2.75) is 52.2 Å². The summed E-state index contributed by atoms with van der Waals surface area (Å²) in [5.41, 5.74) is 0. The maximum absolute atomic E-state index is 13.7. The van der Waals surface area contributed by atoms with Gasteiger partial charge in [0, 0.05) is 12.6 Å². The van der Waals surface area contributed by atoms with Gasteiger partial charge in [0.15, 0.2) is 17.7 Å². The third kappa shape index (κ3) is 3.36. The normalized spacial score (nSPS) is 23.1. The van der Waals surface area contributed by atoms with E-state index in [4.69, 9.17) is 4.74 Å². The molecule has 1 fully saturated rings. The molecule has 21 heavy (non-hydrogen) atoms. The zero-order chi connectivity index (χ0) is 15.4. The Morgan fingerprint density at radius 1 is 1.43 bits per heavy atom. The lowest BCUT2D eigenvalue weighted by Gasteiger charge is -2.28. The molecule has 1 aliphatic heterocycles. The van der Waals surface area contributed by atoms with Crippen molar-refractivity contribution in [2.75, 3.05) is 6.54 Å². The molecule has 0 aromatic heterocycles. The van der Waals surface area contributed by atoms with Gasteiger partial charge in [0.1, 0.15) is 0 Å². The predicted molar refractivity (Wildman–Crippen MR) is 80.7 cm³/mol. The standard InChI is InChI=1S/C17H24FNO2/c1-4-13-10-11-19(12(13)3)17(20)15(5-2)21-16-9-7-6-8-14(16)18/h6-9,12-13,15H,4-5,10-11H2,1-3H3. The third-order valence-electron chi connectivity index (χ3n) is 4.47. The molecule has 3 nitrogen and oxygen atoms in total. The van der Waals surface area contributed by atoms with Crippen LogP contribution in [0.1, 0.15) is 40.0 Å². The molecule has 3 unspecified atom stereocenters. The number of halogens is 1. The van der Waals surface area contributed by atoms with Crippen molar-refractivity contribution >= 4 is 5.91 Å². The highest BCUT2D eigenvalue weighted by molar-refractivity contribution is 5.81. The Kier molecular flexibility index (Phi) is 5.21. The second-order valence-electron chi connectivity index (χ2n) is 5.67. The SMILES string of the molecule is CCC(Oc1ccccc1F)C(=O)N1CCC(CC)C1C. The molecule has 2 rings (SSSR count). The number of benzene rings is 1. The summed E-state index contributed by atoms with van der Waals surface area (Å²) in [6, 6.07) is 6.47. The summed E-state index contributed by atoms with van der Waals surface area (Å²) in [7, 11) is 0. The lowest BCUT2D eigenvalue weighted by atomic mass is 9.99. The first kappa shape index (κ1) is 15.8. The van der Waals surface area contributed by atoms with E-state index in [1.807, 2.05) is 11.8 Å². The minimum Gasteiger partial charge on any atom is -0.478 e. The van der Waals surface area contributed by atoms with E-state index in [1.165, 1.54) is 6.07 Å². The molecule has 1 amide bonds. The molecule has 1 aromatic rings. The van der Waals surface area contributed by atoms with Gasteiger partial charge in [-0.05, 0) is 37.8 Å². The van der Waals surface area contributed by atoms with Gasteiger partial charge < -0.3 is 9.64 Å².